The molecule has 0 radical (unpaired) electrons. The van der Waals surface area contributed by atoms with Gasteiger partial charge in [0.05, 0.1) is 10.6 Å². The second kappa shape index (κ2) is 6.08. The molecule has 0 saturated carbocycles. The van der Waals surface area contributed by atoms with Crippen molar-refractivity contribution >= 4 is 17.7 Å². The first kappa shape index (κ1) is 14.8. The topological polar surface area (TPSA) is 50.2 Å². The fourth-order valence-electron chi connectivity index (χ4n) is 1.21. The summed E-state index contributed by atoms with van der Waals surface area (Å²) in [5.74, 6) is -0.886. The van der Waals surface area contributed by atoms with Gasteiger partial charge in [0, 0.05) is 17.9 Å². The van der Waals surface area contributed by atoms with E-state index in [1.54, 1.807) is 0 Å². The van der Waals surface area contributed by atoms with E-state index in [9.17, 15) is 18.0 Å². The van der Waals surface area contributed by atoms with Crippen LogP contribution < -0.4 is 0 Å². The first-order chi connectivity index (χ1) is 8.29. The molecule has 18 heavy (non-hydrogen) atoms. The minimum atomic E-state index is -4.38. The second-order valence-electron chi connectivity index (χ2n) is 3.74. The van der Waals surface area contributed by atoms with Crippen LogP contribution in [0.25, 0.3) is 0 Å². The molecule has 1 atom stereocenters. The van der Waals surface area contributed by atoms with Crippen LogP contribution >= 0.6 is 11.8 Å². The Morgan fingerprint density at radius 3 is 2.61 bits per heavy atom. The van der Waals surface area contributed by atoms with Gasteiger partial charge in [-0.15, -0.1) is 11.8 Å². The lowest BCUT2D eigenvalue weighted by atomic mass is 10.2. The molecule has 1 heterocycles. The normalized spacial score (nSPS) is 13.3. The number of hydrogen-bond donors (Lipinski definition) is 1. The quantitative estimate of drug-likeness (QED) is 0.839. The molecule has 7 heteroatoms. The Morgan fingerprint density at radius 1 is 1.50 bits per heavy atom. The number of thioether (sulfide) groups is 1. The van der Waals surface area contributed by atoms with Gasteiger partial charge in [0.2, 0.25) is 0 Å². The molecule has 1 unspecified atom stereocenters. The summed E-state index contributed by atoms with van der Waals surface area (Å²) in [5, 5.41) is 8.95. The SMILES string of the molecule is CC(CCC(=O)O)Sc1ccc(C(F)(F)F)cn1. The Bertz CT molecular complexity index is 406. The fraction of sp³-hybridized carbons (Fsp3) is 0.455. The van der Waals surface area contributed by atoms with E-state index in [4.69, 9.17) is 5.11 Å². The summed E-state index contributed by atoms with van der Waals surface area (Å²) in [6, 6.07) is 2.27. The van der Waals surface area contributed by atoms with Crippen molar-refractivity contribution in [1.82, 2.24) is 4.98 Å². The summed E-state index contributed by atoms with van der Waals surface area (Å²) in [4.78, 5) is 14.1. The molecule has 0 amide bonds. The summed E-state index contributed by atoms with van der Waals surface area (Å²) in [7, 11) is 0. The lowest BCUT2D eigenvalue weighted by Gasteiger charge is -2.10. The Labute approximate surface area is 106 Å². The number of carboxylic acids is 1. The van der Waals surface area contributed by atoms with Gasteiger partial charge in [-0.05, 0) is 18.6 Å². The molecule has 0 saturated heterocycles. The fourth-order valence-corrected chi connectivity index (χ4v) is 2.12. The van der Waals surface area contributed by atoms with Crippen LogP contribution in [0.5, 0.6) is 0 Å². The van der Waals surface area contributed by atoms with Gasteiger partial charge in [-0.25, -0.2) is 4.98 Å². The molecule has 0 bridgehead atoms. The van der Waals surface area contributed by atoms with Gasteiger partial charge in [0.15, 0.2) is 0 Å². The molecule has 1 aromatic heterocycles. The van der Waals surface area contributed by atoms with Gasteiger partial charge >= 0.3 is 12.1 Å². The highest BCUT2D eigenvalue weighted by atomic mass is 32.2. The molecule has 1 rings (SSSR count). The van der Waals surface area contributed by atoms with Crippen LogP contribution in [-0.4, -0.2) is 21.3 Å². The number of rotatable bonds is 5. The first-order valence-electron chi connectivity index (χ1n) is 5.20. The molecule has 0 aliphatic carbocycles. The predicted molar refractivity (Wildman–Crippen MR) is 61.4 cm³/mol. The number of halogens is 3. The number of carbonyl (C=O) groups is 1. The zero-order valence-electron chi connectivity index (χ0n) is 9.57. The second-order valence-corrected chi connectivity index (χ2v) is 5.20. The summed E-state index contributed by atoms with van der Waals surface area (Å²) < 4.78 is 36.8. The first-order valence-corrected chi connectivity index (χ1v) is 6.08. The van der Waals surface area contributed by atoms with Crippen LogP contribution in [0.4, 0.5) is 13.2 Å². The third-order valence-corrected chi connectivity index (χ3v) is 3.27. The Morgan fingerprint density at radius 2 is 2.17 bits per heavy atom. The van der Waals surface area contributed by atoms with Crippen molar-refractivity contribution < 1.29 is 23.1 Å². The largest absolute Gasteiger partial charge is 0.481 e. The van der Waals surface area contributed by atoms with Crippen molar-refractivity contribution in [1.29, 1.82) is 0 Å². The molecule has 0 fully saturated rings. The molecule has 0 spiro atoms. The Hall–Kier alpha value is -1.24. The molecule has 1 N–H and O–H groups in total. The Balaban J connectivity index is 2.56. The van der Waals surface area contributed by atoms with Crippen molar-refractivity contribution in [2.24, 2.45) is 0 Å². The van der Waals surface area contributed by atoms with Crippen LogP contribution in [0.2, 0.25) is 0 Å². The molecule has 3 nitrogen and oxygen atoms in total. The number of hydrogen-bond acceptors (Lipinski definition) is 3. The van der Waals surface area contributed by atoms with Crippen molar-refractivity contribution in [3.05, 3.63) is 23.9 Å². The van der Waals surface area contributed by atoms with Gasteiger partial charge in [0.25, 0.3) is 0 Å². The molecular formula is C11H12F3NO2S. The molecule has 0 aliphatic heterocycles. The standard InChI is InChI=1S/C11H12F3NO2S/c1-7(2-5-10(16)17)18-9-4-3-8(6-15-9)11(12,13)14/h3-4,6-7H,2,5H2,1H3,(H,16,17). The van der Waals surface area contributed by atoms with E-state index in [1.807, 2.05) is 6.92 Å². The highest BCUT2D eigenvalue weighted by Crippen LogP contribution is 2.30. The Kier molecular flexibility index (Phi) is 5.01. The van der Waals surface area contributed by atoms with Crippen molar-refractivity contribution in [2.75, 3.05) is 0 Å². The van der Waals surface area contributed by atoms with Gasteiger partial charge in [-0.1, -0.05) is 6.92 Å². The van der Waals surface area contributed by atoms with E-state index in [1.165, 1.54) is 17.8 Å². The smallest absolute Gasteiger partial charge is 0.417 e. The number of pyridine rings is 1. The van der Waals surface area contributed by atoms with Crippen LogP contribution in [-0.2, 0) is 11.0 Å². The van der Waals surface area contributed by atoms with Gasteiger partial charge < -0.3 is 5.11 Å². The highest BCUT2D eigenvalue weighted by molar-refractivity contribution is 7.99. The maximum Gasteiger partial charge on any atom is 0.417 e. The van der Waals surface area contributed by atoms with E-state index in [0.29, 0.717) is 11.4 Å². The van der Waals surface area contributed by atoms with Crippen molar-refractivity contribution in [3.63, 3.8) is 0 Å². The van der Waals surface area contributed by atoms with Crippen LogP contribution in [0.3, 0.4) is 0 Å². The zero-order valence-corrected chi connectivity index (χ0v) is 10.4. The van der Waals surface area contributed by atoms with Crippen LogP contribution in [0.1, 0.15) is 25.3 Å². The lowest BCUT2D eigenvalue weighted by molar-refractivity contribution is -0.138. The van der Waals surface area contributed by atoms with E-state index in [0.717, 1.165) is 12.3 Å². The summed E-state index contributed by atoms with van der Waals surface area (Å²) in [6.07, 6.45) is -3.12. The molecular weight excluding hydrogens is 267 g/mol. The minimum Gasteiger partial charge on any atom is -0.481 e. The number of aliphatic carboxylic acids is 1. The molecule has 1 aromatic rings. The van der Waals surface area contributed by atoms with E-state index in [2.05, 4.69) is 4.98 Å². The summed E-state index contributed by atoms with van der Waals surface area (Å²) in [6.45, 7) is 1.81. The van der Waals surface area contributed by atoms with Crippen molar-refractivity contribution in [2.45, 2.75) is 36.2 Å². The summed E-state index contributed by atoms with van der Waals surface area (Å²) >= 11 is 1.26. The lowest BCUT2D eigenvalue weighted by Crippen LogP contribution is -2.06. The van der Waals surface area contributed by atoms with E-state index < -0.39 is 17.7 Å². The zero-order chi connectivity index (χ0) is 13.8. The number of aromatic nitrogens is 1. The maximum atomic E-state index is 12.3. The highest BCUT2D eigenvalue weighted by Gasteiger charge is 2.30. The van der Waals surface area contributed by atoms with Gasteiger partial charge in [-0.2, -0.15) is 13.2 Å². The van der Waals surface area contributed by atoms with E-state index >= 15 is 0 Å². The molecule has 0 aliphatic rings. The van der Waals surface area contributed by atoms with Crippen molar-refractivity contribution in [3.8, 4) is 0 Å². The molecule has 100 valence electrons. The average molecular weight is 279 g/mol. The van der Waals surface area contributed by atoms with Crippen LogP contribution in [0, 0.1) is 0 Å². The maximum absolute atomic E-state index is 12.3. The molecule has 0 aromatic carbocycles. The number of alkyl halides is 3. The van der Waals surface area contributed by atoms with Gasteiger partial charge in [0.1, 0.15) is 0 Å². The summed E-state index contributed by atoms with van der Waals surface area (Å²) in [5.41, 5.74) is -0.787. The number of carboxylic acid groups (broad SMARTS) is 1. The third kappa shape index (κ3) is 4.95. The minimum absolute atomic E-state index is 0.00895. The third-order valence-electron chi connectivity index (χ3n) is 2.15. The average Bonchev–Trinajstić information content (AvgIpc) is 2.26. The monoisotopic (exact) mass is 279 g/mol. The van der Waals surface area contributed by atoms with Gasteiger partial charge in [-0.3, -0.25) is 4.79 Å². The predicted octanol–water partition coefficient (Wildman–Crippen LogP) is 3.45. The number of nitrogens with zero attached hydrogens (tertiary/aromatic N) is 1. The van der Waals surface area contributed by atoms with E-state index in [-0.39, 0.29) is 11.7 Å². The van der Waals surface area contributed by atoms with Crippen LogP contribution in [0.15, 0.2) is 23.4 Å².